The molecule has 164 valence electrons. The molecule has 0 aliphatic carbocycles. The van der Waals surface area contributed by atoms with Crippen LogP contribution in [0.4, 0.5) is 0 Å². The van der Waals surface area contributed by atoms with Gasteiger partial charge in [-0.1, -0.05) is 80.4 Å². The number of aliphatic hydroxyl groups excluding tert-OH is 2. The van der Waals surface area contributed by atoms with E-state index >= 15 is 0 Å². The topological polar surface area (TPSA) is 79.2 Å². The van der Waals surface area contributed by atoms with Crippen LogP contribution in [0.5, 0.6) is 0 Å². The van der Waals surface area contributed by atoms with Crippen LogP contribution in [0.15, 0.2) is 60.7 Å². The van der Waals surface area contributed by atoms with Gasteiger partial charge in [0, 0.05) is 25.9 Å². The summed E-state index contributed by atoms with van der Waals surface area (Å²) in [5, 5.41) is 33.5. The number of hydrogen-bond donors (Lipinski definition) is 3. The molecule has 0 bridgehead atoms. The second-order valence-corrected chi connectivity index (χ2v) is 8.23. The number of rotatable bonds is 10. The van der Waals surface area contributed by atoms with Crippen LogP contribution >= 0.6 is 0 Å². The molecule has 0 amide bonds. The molecule has 1 unspecified atom stereocenters. The van der Waals surface area contributed by atoms with Crippen LogP contribution < -0.4 is 0 Å². The minimum atomic E-state index is -1.61. The van der Waals surface area contributed by atoms with Gasteiger partial charge in [-0.2, -0.15) is 0 Å². The summed E-state index contributed by atoms with van der Waals surface area (Å²) >= 11 is 0. The molecule has 5 heteroatoms. The van der Waals surface area contributed by atoms with Gasteiger partial charge in [0.05, 0.1) is 12.2 Å². The molecule has 2 aromatic carbocycles. The third kappa shape index (κ3) is 5.90. The molecule has 2 aromatic rings. The molecule has 0 saturated carbocycles. The van der Waals surface area contributed by atoms with Gasteiger partial charge >= 0.3 is 0 Å². The molecule has 0 spiro atoms. The van der Waals surface area contributed by atoms with E-state index in [-0.39, 0.29) is 12.8 Å². The zero-order chi connectivity index (χ0) is 21.4. The molecule has 1 aliphatic heterocycles. The summed E-state index contributed by atoms with van der Waals surface area (Å²) in [5.41, 5.74) is 0.205. The van der Waals surface area contributed by atoms with Crippen molar-refractivity contribution < 1.29 is 24.8 Å². The van der Waals surface area contributed by atoms with Crippen molar-refractivity contribution in [1.29, 1.82) is 0 Å². The summed E-state index contributed by atoms with van der Waals surface area (Å²) < 4.78 is 11.9. The quantitative estimate of drug-likeness (QED) is 0.520. The summed E-state index contributed by atoms with van der Waals surface area (Å²) in [7, 11) is 0. The first kappa shape index (κ1) is 22.9. The molecule has 3 rings (SSSR count). The van der Waals surface area contributed by atoms with E-state index in [0.717, 1.165) is 30.4 Å². The summed E-state index contributed by atoms with van der Waals surface area (Å²) in [5.74, 6) is 0. The predicted octanol–water partition coefficient (Wildman–Crippen LogP) is 3.25. The second-order valence-electron chi connectivity index (χ2n) is 8.23. The number of unbranched alkanes of at least 4 members (excludes halogenated alkanes) is 2. The molecule has 1 saturated heterocycles. The normalized spacial score (nSPS) is 27.7. The zero-order valence-electron chi connectivity index (χ0n) is 17.7. The molecule has 1 aliphatic rings. The number of ether oxygens (including phenoxy) is 2. The molecule has 1 fully saturated rings. The van der Waals surface area contributed by atoms with Gasteiger partial charge in [0.15, 0.2) is 6.29 Å². The van der Waals surface area contributed by atoms with Gasteiger partial charge in [0.2, 0.25) is 0 Å². The number of aliphatic hydroxyl groups is 3. The maximum Gasteiger partial charge on any atom is 0.160 e. The van der Waals surface area contributed by atoms with Crippen molar-refractivity contribution in [1.82, 2.24) is 0 Å². The van der Waals surface area contributed by atoms with E-state index in [2.05, 4.69) is 6.92 Å². The van der Waals surface area contributed by atoms with E-state index in [1.165, 1.54) is 0 Å². The Morgan fingerprint density at radius 3 is 2.30 bits per heavy atom. The molecule has 1 heterocycles. The van der Waals surface area contributed by atoms with E-state index in [9.17, 15) is 15.3 Å². The molecule has 30 heavy (non-hydrogen) atoms. The minimum Gasteiger partial charge on any atom is -0.390 e. The van der Waals surface area contributed by atoms with Crippen LogP contribution in [0.25, 0.3) is 0 Å². The first-order valence-corrected chi connectivity index (χ1v) is 11.0. The van der Waals surface area contributed by atoms with Crippen LogP contribution in [0.2, 0.25) is 0 Å². The second kappa shape index (κ2) is 11.0. The average Bonchev–Trinajstić information content (AvgIpc) is 2.75. The van der Waals surface area contributed by atoms with Crippen LogP contribution in [0, 0.1) is 0 Å². The monoisotopic (exact) mass is 414 g/mol. The Hall–Kier alpha value is -1.76. The lowest BCUT2D eigenvalue weighted by molar-refractivity contribution is -0.304. The SMILES string of the molecule is CCCCCO[C@@H]1C[C@@H](O)[C@@](O)(Cc2ccccc2)[C@@H](C(O)Cc2ccccc2)O1. The van der Waals surface area contributed by atoms with Crippen LogP contribution in [-0.2, 0) is 22.3 Å². The van der Waals surface area contributed by atoms with Crippen molar-refractivity contribution in [3.8, 4) is 0 Å². The summed E-state index contributed by atoms with van der Waals surface area (Å²) in [6, 6.07) is 19.1. The summed E-state index contributed by atoms with van der Waals surface area (Å²) in [6.07, 6.45) is 0.0607. The summed E-state index contributed by atoms with van der Waals surface area (Å²) in [6.45, 7) is 2.66. The lowest BCUT2D eigenvalue weighted by Gasteiger charge is -2.47. The van der Waals surface area contributed by atoms with Gasteiger partial charge in [-0.25, -0.2) is 0 Å². The Morgan fingerprint density at radius 1 is 1.03 bits per heavy atom. The fourth-order valence-electron chi connectivity index (χ4n) is 4.11. The van der Waals surface area contributed by atoms with Crippen molar-refractivity contribution in [2.75, 3.05) is 6.61 Å². The van der Waals surface area contributed by atoms with E-state index in [1.807, 2.05) is 60.7 Å². The van der Waals surface area contributed by atoms with Gasteiger partial charge in [-0.15, -0.1) is 0 Å². The lowest BCUT2D eigenvalue weighted by Crippen LogP contribution is -2.64. The molecule has 5 atom stereocenters. The van der Waals surface area contributed by atoms with E-state index < -0.39 is 30.2 Å². The van der Waals surface area contributed by atoms with Crippen LogP contribution in [0.3, 0.4) is 0 Å². The van der Waals surface area contributed by atoms with Crippen molar-refractivity contribution in [2.24, 2.45) is 0 Å². The summed E-state index contributed by atoms with van der Waals surface area (Å²) in [4.78, 5) is 0. The Bertz CT molecular complexity index is 738. The van der Waals surface area contributed by atoms with Gasteiger partial charge in [-0.3, -0.25) is 0 Å². The zero-order valence-corrected chi connectivity index (χ0v) is 17.7. The molecule has 5 nitrogen and oxygen atoms in total. The van der Waals surface area contributed by atoms with Crippen LogP contribution in [0.1, 0.15) is 43.7 Å². The highest BCUT2D eigenvalue weighted by molar-refractivity contribution is 5.21. The Labute approximate surface area is 179 Å². The van der Waals surface area contributed by atoms with Gasteiger partial charge in [-0.05, 0) is 17.5 Å². The highest BCUT2D eigenvalue weighted by atomic mass is 16.7. The molecular formula is C25H34O5. The van der Waals surface area contributed by atoms with Crippen molar-refractivity contribution in [3.63, 3.8) is 0 Å². The molecular weight excluding hydrogens is 380 g/mol. The first-order valence-electron chi connectivity index (χ1n) is 11.0. The molecule has 3 N–H and O–H groups in total. The van der Waals surface area contributed by atoms with E-state index in [4.69, 9.17) is 9.47 Å². The van der Waals surface area contributed by atoms with Gasteiger partial charge in [0.1, 0.15) is 11.7 Å². The lowest BCUT2D eigenvalue weighted by atomic mass is 9.77. The molecule has 0 aromatic heterocycles. The highest BCUT2D eigenvalue weighted by Crippen LogP contribution is 2.35. The van der Waals surface area contributed by atoms with Crippen LogP contribution in [-0.4, -0.2) is 52.1 Å². The van der Waals surface area contributed by atoms with Crippen molar-refractivity contribution >= 4 is 0 Å². The van der Waals surface area contributed by atoms with Gasteiger partial charge < -0.3 is 24.8 Å². The van der Waals surface area contributed by atoms with E-state index in [0.29, 0.717) is 13.0 Å². The van der Waals surface area contributed by atoms with E-state index in [1.54, 1.807) is 0 Å². The predicted molar refractivity (Wildman–Crippen MR) is 116 cm³/mol. The fraction of sp³-hybridized carbons (Fsp3) is 0.520. The third-order valence-electron chi connectivity index (χ3n) is 5.80. The third-order valence-corrected chi connectivity index (χ3v) is 5.80. The smallest absolute Gasteiger partial charge is 0.160 e. The Kier molecular flexibility index (Phi) is 8.42. The Balaban J connectivity index is 1.77. The van der Waals surface area contributed by atoms with Crippen molar-refractivity contribution in [2.45, 2.75) is 75.7 Å². The standard InChI is InChI=1S/C25H34O5/c1-2-3-10-15-29-23-17-22(27)25(28,18-20-13-8-5-9-14-20)24(30-23)21(26)16-19-11-6-4-7-12-19/h4-9,11-14,21-24,26-28H,2-3,10,15-18H2,1H3/t21?,22-,23+,24-,25+/m1/s1. The fourth-order valence-corrected chi connectivity index (χ4v) is 4.11. The maximum absolute atomic E-state index is 11.5. The Morgan fingerprint density at radius 2 is 1.67 bits per heavy atom. The van der Waals surface area contributed by atoms with Crippen molar-refractivity contribution in [3.05, 3.63) is 71.8 Å². The highest BCUT2D eigenvalue weighted by Gasteiger charge is 2.52. The average molecular weight is 415 g/mol. The number of benzene rings is 2. The maximum atomic E-state index is 11.5. The molecule has 0 radical (unpaired) electrons. The number of hydrogen-bond acceptors (Lipinski definition) is 5. The minimum absolute atomic E-state index is 0.171. The van der Waals surface area contributed by atoms with Gasteiger partial charge in [0.25, 0.3) is 0 Å². The largest absolute Gasteiger partial charge is 0.390 e. The first-order chi connectivity index (χ1) is 14.5.